The van der Waals surface area contributed by atoms with Crippen LogP contribution in [0.3, 0.4) is 0 Å². The highest BCUT2D eigenvalue weighted by atomic mass is 32.2. The lowest BCUT2D eigenvalue weighted by Crippen LogP contribution is -2.30. The first-order chi connectivity index (χ1) is 5.31. The highest BCUT2D eigenvalue weighted by molar-refractivity contribution is 7.92. The Morgan fingerprint density at radius 1 is 1.25 bits per heavy atom. The predicted molar refractivity (Wildman–Crippen MR) is 52.8 cm³/mol. The smallest absolute Gasteiger partial charge is 0.0441 e. The molecule has 0 aliphatic carbocycles. The SMILES string of the molecule is CC(C)(C)C1CCS(=N)(=O)CC1. The third-order valence-electron chi connectivity index (χ3n) is 2.82. The van der Waals surface area contributed by atoms with Gasteiger partial charge < -0.3 is 0 Å². The minimum atomic E-state index is -2.18. The Bertz CT molecular complexity index is 234. The Kier molecular flexibility index (Phi) is 2.52. The van der Waals surface area contributed by atoms with Crippen molar-refractivity contribution in [2.45, 2.75) is 33.6 Å². The normalized spacial score (nSPS) is 38.1. The molecule has 0 spiro atoms. The van der Waals surface area contributed by atoms with E-state index < -0.39 is 9.73 Å². The van der Waals surface area contributed by atoms with E-state index in [9.17, 15) is 4.21 Å². The van der Waals surface area contributed by atoms with Gasteiger partial charge in [0.25, 0.3) is 0 Å². The molecular formula is C9H19NOS. The zero-order valence-corrected chi connectivity index (χ0v) is 9.04. The summed E-state index contributed by atoms with van der Waals surface area (Å²) in [5.41, 5.74) is 0.329. The number of rotatable bonds is 0. The number of hydrogen-bond donors (Lipinski definition) is 1. The Labute approximate surface area is 75.7 Å². The van der Waals surface area contributed by atoms with Crippen molar-refractivity contribution in [2.75, 3.05) is 11.5 Å². The van der Waals surface area contributed by atoms with Crippen molar-refractivity contribution in [1.82, 2.24) is 0 Å². The minimum Gasteiger partial charge on any atom is -0.253 e. The Morgan fingerprint density at radius 3 is 2.00 bits per heavy atom. The van der Waals surface area contributed by atoms with Gasteiger partial charge >= 0.3 is 0 Å². The van der Waals surface area contributed by atoms with Crippen LogP contribution in [-0.4, -0.2) is 15.7 Å². The molecule has 1 heterocycles. The van der Waals surface area contributed by atoms with E-state index in [1.54, 1.807) is 0 Å². The molecule has 0 aromatic rings. The van der Waals surface area contributed by atoms with Crippen LogP contribution in [0.4, 0.5) is 0 Å². The standard InChI is InChI=1S/C9H19NOS/c1-9(2,3)8-4-6-12(10,11)7-5-8/h8,10H,4-7H2,1-3H3. The first-order valence-corrected chi connectivity index (χ1v) is 6.45. The van der Waals surface area contributed by atoms with Crippen LogP contribution < -0.4 is 0 Å². The summed E-state index contributed by atoms with van der Waals surface area (Å²) >= 11 is 0. The van der Waals surface area contributed by atoms with Crippen molar-refractivity contribution in [3.8, 4) is 0 Å². The number of hydrogen-bond acceptors (Lipinski definition) is 2. The van der Waals surface area contributed by atoms with Gasteiger partial charge in [-0.15, -0.1) is 0 Å². The fourth-order valence-electron chi connectivity index (χ4n) is 1.78. The molecule has 0 aromatic carbocycles. The molecule has 0 aromatic heterocycles. The Hall–Kier alpha value is -0.0500. The molecule has 1 aliphatic rings. The lowest BCUT2D eigenvalue weighted by Gasteiger charge is -2.34. The van der Waals surface area contributed by atoms with Crippen LogP contribution in [0.15, 0.2) is 0 Å². The minimum absolute atomic E-state index is 0.329. The molecule has 2 nitrogen and oxygen atoms in total. The molecule has 0 bridgehead atoms. The summed E-state index contributed by atoms with van der Waals surface area (Å²) in [7, 11) is -2.18. The molecule has 1 rings (SSSR count). The van der Waals surface area contributed by atoms with Gasteiger partial charge in [0.05, 0.1) is 0 Å². The monoisotopic (exact) mass is 189 g/mol. The summed E-state index contributed by atoms with van der Waals surface area (Å²) in [5, 5.41) is 0. The van der Waals surface area contributed by atoms with E-state index in [4.69, 9.17) is 4.78 Å². The quantitative estimate of drug-likeness (QED) is 0.625. The van der Waals surface area contributed by atoms with Crippen LogP contribution in [0.5, 0.6) is 0 Å². The van der Waals surface area contributed by atoms with Crippen LogP contribution in [0.2, 0.25) is 0 Å². The second-order valence-electron chi connectivity index (χ2n) is 4.86. The molecule has 0 amide bonds. The molecule has 0 atom stereocenters. The van der Waals surface area contributed by atoms with E-state index >= 15 is 0 Å². The van der Waals surface area contributed by atoms with Gasteiger partial charge in [-0.05, 0) is 24.2 Å². The van der Waals surface area contributed by atoms with Crippen LogP contribution in [-0.2, 0) is 9.73 Å². The van der Waals surface area contributed by atoms with Crippen molar-refractivity contribution in [2.24, 2.45) is 11.3 Å². The fraction of sp³-hybridized carbons (Fsp3) is 1.00. The molecular weight excluding hydrogens is 170 g/mol. The fourth-order valence-corrected chi connectivity index (χ4v) is 3.31. The molecule has 1 N–H and O–H groups in total. The molecule has 72 valence electrons. The van der Waals surface area contributed by atoms with E-state index in [0.29, 0.717) is 22.8 Å². The molecule has 12 heavy (non-hydrogen) atoms. The van der Waals surface area contributed by atoms with Crippen LogP contribution in [0.25, 0.3) is 0 Å². The largest absolute Gasteiger partial charge is 0.253 e. The molecule has 1 aliphatic heterocycles. The highest BCUT2D eigenvalue weighted by Crippen LogP contribution is 2.34. The lowest BCUT2D eigenvalue weighted by molar-refractivity contribution is 0.223. The Morgan fingerprint density at radius 2 is 1.67 bits per heavy atom. The highest BCUT2D eigenvalue weighted by Gasteiger charge is 2.29. The second kappa shape index (κ2) is 3.02. The summed E-state index contributed by atoms with van der Waals surface area (Å²) in [5.74, 6) is 1.90. The molecule has 1 fully saturated rings. The molecule has 0 unspecified atom stereocenters. The molecule has 1 saturated heterocycles. The van der Waals surface area contributed by atoms with Crippen LogP contribution in [0, 0.1) is 16.1 Å². The summed E-state index contributed by atoms with van der Waals surface area (Å²) in [4.78, 5) is 0. The van der Waals surface area contributed by atoms with Gasteiger partial charge in [-0.1, -0.05) is 20.8 Å². The van der Waals surface area contributed by atoms with E-state index in [2.05, 4.69) is 20.8 Å². The van der Waals surface area contributed by atoms with Crippen LogP contribution >= 0.6 is 0 Å². The Balaban J connectivity index is 2.58. The average Bonchev–Trinajstić information content (AvgIpc) is 1.83. The first-order valence-electron chi connectivity index (χ1n) is 4.55. The molecule has 3 heteroatoms. The van der Waals surface area contributed by atoms with Gasteiger partial charge in [-0.25, -0.2) is 4.21 Å². The maximum absolute atomic E-state index is 11.3. The van der Waals surface area contributed by atoms with Crippen LogP contribution in [0.1, 0.15) is 33.6 Å². The van der Waals surface area contributed by atoms with E-state index in [1.807, 2.05) is 0 Å². The van der Waals surface area contributed by atoms with E-state index in [1.165, 1.54) is 0 Å². The predicted octanol–water partition coefficient (Wildman–Crippen LogP) is 2.49. The van der Waals surface area contributed by atoms with Gasteiger partial charge in [0.2, 0.25) is 0 Å². The third kappa shape index (κ3) is 2.47. The molecule has 0 radical (unpaired) electrons. The van der Waals surface area contributed by atoms with E-state index in [0.717, 1.165) is 12.8 Å². The van der Waals surface area contributed by atoms with Gasteiger partial charge in [0.15, 0.2) is 0 Å². The second-order valence-corrected chi connectivity index (χ2v) is 7.30. The van der Waals surface area contributed by atoms with Crippen molar-refractivity contribution in [3.63, 3.8) is 0 Å². The number of nitrogens with one attached hydrogen (secondary N) is 1. The van der Waals surface area contributed by atoms with Crippen molar-refractivity contribution < 1.29 is 4.21 Å². The maximum Gasteiger partial charge on any atom is 0.0441 e. The molecule has 0 saturated carbocycles. The maximum atomic E-state index is 11.3. The summed E-state index contributed by atoms with van der Waals surface area (Å²) in [6.07, 6.45) is 1.96. The summed E-state index contributed by atoms with van der Waals surface area (Å²) < 4.78 is 18.8. The first kappa shape index (κ1) is 10.0. The van der Waals surface area contributed by atoms with Gasteiger partial charge in [-0.3, -0.25) is 4.78 Å². The lowest BCUT2D eigenvalue weighted by atomic mass is 9.77. The van der Waals surface area contributed by atoms with Gasteiger partial charge in [-0.2, -0.15) is 0 Å². The zero-order chi connectivity index (χ0) is 9.41. The topological polar surface area (TPSA) is 40.9 Å². The average molecular weight is 189 g/mol. The van der Waals surface area contributed by atoms with Crippen molar-refractivity contribution in [1.29, 1.82) is 4.78 Å². The van der Waals surface area contributed by atoms with Crippen molar-refractivity contribution in [3.05, 3.63) is 0 Å². The zero-order valence-electron chi connectivity index (χ0n) is 8.22. The van der Waals surface area contributed by atoms with E-state index in [-0.39, 0.29) is 0 Å². The van der Waals surface area contributed by atoms with Gasteiger partial charge in [0.1, 0.15) is 0 Å². The third-order valence-corrected chi connectivity index (χ3v) is 4.61. The van der Waals surface area contributed by atoms with Crippen molar-refractivity contribution >= 4 is 9.73 Å². The summed E-state index contributed by atoms with van der Waals surface area (Å²) in [6, 6.07) is 0. The van der Waals surface area contributed by atoms with Gasteiger partial charge in [0, 0.05) is 21.2 Å². The summed E-state index contributed by atoms with van der Waals surface area (Å²) in [6.45, 7) is 6.69.